The molecule has 0 amide bonds. The van der Waals surface area contributed by atoms with Crippen molar-refractivity contribution in [1.29, 1.82) is 5.26 Å². The minimum Gasteiger partial charge on any atom is -0.491 e. The number of aromatic nitrogens is 4. The van der Waals surface area contributed by atoms with Crippen LogP contribution in [0.5, 0.6) is 5.75 Å². The topological polar surface area (TPSA) is 144 Å². The van der Waals surface area contributed by atoms with Crippen molar-refractivity contribution < 1.29 is 23.4 Å². The number of pyridine rings is 1. The van der Waals surface area contributed by atoms with E-state index in [0.29, 0.717) is 30.9 Å². The molecule has 41 heavy (non-hydrogen) atoms. The van der Waals surface area contributed by atoms with Crippen molar-refractivity contribution in [3.63, 3.8) is 0 Å². The summed E-state index contributed by atoms with van der Waals surface area (Å²) in [5.74, 6) is -1.04. The Labute approximate surface area is 235 Å². The highest BCUT2D eigenvalue weighted by atomic mass is 19.1. The molecule has 5 rings (SSSR count). The molecule has 0 spiro atoms. The molecule has 0 aliphatic heterocycles. The minimum absolute atomic E-state index is 0.0234. The Morgan fingerprint density at radius 1 is 1.17 bits per heavy atom. The van der Waals surface area contributed by atoms with E-state index in [-0.39, 0.29) is 54.2 Å². The molecule has 1 fully saturated rings. The second kappa shape index (κ2) is 12.6. The normalized spacial score (nSPS) is 20.6. The number of benzene rings is 1. The maximum Gasteiger partial charge on any atom is 0.229 e. The molecule has 4 atom stereocenters. The molecule has 0 saturated heterocycles. The first kappa shape index (κ1) is 28.4. The van der Waals surface area contributed by atoms with E-state index >= 15 is 0 Å². The highest BCUT2D eigenvalue weighted by molar-refractivity contribution is 5.66. The van der Waals surface area contributed by atoms with Crippen LogP contribution in [-0.2, 0) is 4.74 Å². The van der Waals surface area contributed by atoms with Crippen LogP contribution in [-0.4, -0.2) is 56.7 Å². The Morgan fingerprint density at radius 3 is 2.71 bits per heavy atom. The number of hydrogen-bond donors (Lipinski definition) is 3. The number of nitriles is 1. The first-order valence-electron chi connectivity index (χ1n) is 13.4. The predicted molar refractivity (Wildman–Crippen MR) is 148 cm³/mol. The summed E-state index contributed by atoms with van der Waals surface area (Å²) in [6.07, 6.45) is 6.78. The van der Waals surface area contributed by atoms with Gasteiger partial charge in [-0.15, -0.1) is 0 Å². The zero-order valence-electron chi connectivity index (χ0n) is 22.5. The number of nitrogens with two attached hydrogens (primary N) is 1. The molecule has 1 aliphatic rings. The van der Waals surface area contributed by atoms with Gasteiger partial charge in [0.2, 0.25) is 5.95 Å². The van der Waals surface area contributed by atoms with Gasteiger partial charge in [-0.25, -0.2) is 13.8 Å². The lowest BCUT2D eigenvalue weighted by Gasteiger charge is -2.39. The number of nitrogens with zero attached hydrogens (tertiary/aromatic N) is 5. The number of anilines is 2. The van der Waals surface area contributed by atoms with Crippen molar-refractivity contribution in [2.75, 3.05) is 25.1 Å². The fourth-order valence-corrected chi connectivity index (χ4v) is 5.48. The summed E-state index contributed by atoms with van der Waals surface area (Å²) in [5, 5.41) is 25.5. The quantitative estimate of drug-likeness (QED) is 0.240. The Kier molecular flexibility index (Phi) is 8.68. The molecule has 0 bridgehead atoms. The van der Waals surface area contributed by atoms with Crippen molar-refractivity contribution in [2.24, 2.45) is 11.7 Å². The highest BCUT2D eigenvalue weighted by Gasteiger charge is 2.35. The number of aliphatic hydroxyl groups is 1. The molecule has 3 heterocycles. The number of rotatable bonds is 10. The Morgan fingerprint density at radius 2 is 1.98 bits per heavy atom. The smallest absolute Gasteiger partial charge is 0.229 e. The van der Waals surface area contributed by atoms with Crippen LogP contribution in [0.2, 0.25) is 0 Å². The van der Waals surface area contributed by atoms with E-state index in [1.165, 1.54) is 10.6 Å². The standard InChI is InChI=1S/C29H31F2N7O3/c1-17-11-18(12-24(33)28(17)41-9-2-6-32)21-5-7-34-16-26(21)36-29-35-15-19-3-4-25(37-38(19)29)27-22(30)13-20(14-23(27)31)40-10-8-39/h3-5,7,13-18,24,28,39H,2,8-12,33H2,1H3,(H,35,36). The summed E-state index contributed by atoms with van der Waals surface area (Å²) < 4.78 is 42.4. The van der Waals surface area contributed by atoms with Crippen molar-refractivity contribution in [2.45, 2.75) is 44.2 Å². The van der Waals surface area contributed by atoms with Crippen molar-refractivity contribution >= 4 is 17.2 Å². The first-order chi connectivity index (χ1) is 19.9. The van der Waals surface area contributed by atoms with E-state index in [1.807, 2.05) is 6.07 Å². The van der Waals surface area contributed by atoms with Gasteiger partial charge in [-0.2, -0.15) is 14.9 Å². The third kappa shape index (κ3) is 6.12. The average molecular weight is 564 g/mol. The van der Waals surface area contributed by atoms with Gasteiger partial charge < -0.3 is 25.6 Å². The largest absolute Gasteiger partial charge is 0.491 e. The van der Waals surface area contributed by atoms with Gasteiger partial charge in [-0.1, -0.05) is 6.92 Å². The molecule has 4 aromatic rings. The molecule has 1 saturated carbocycles. The van der Waals surface area contributed by atoms with Crippen LogP contribution in [0.4, 0.5) is 20.4 Å². The summed E-state index contributed by atoms with van der Waals surface area (Å²) in [6, 6.07) is 9.17. The van der Waals surface area contributed by atoms with Gasteiger partial charge in [-0.3, -0.25) is 4.98 Å². The third-order valence-corrected chi connectivity index (χ3v) is 7.28. The van der Waals surface area contributed by atoms with Crippen LogP contribution in [0.15, 0.2) is 48.9 Å². The number of halogens is 2. The van der Waals surface area contributed by atoms with Crippen LogP contribution >= 0.6 is 0 Å². The summed E-state index contributed by atoms with van der Waals surface area (Å²) in [7, 11) is 0. The van der Waals surface area contributed by atoms with Gasteiger partial charge in [0.15, 0.2) is 0 Å². The molecule has 10 nitrogen and oxygen atoms in total. The molecule has 1 aromatic carbocycles. The Hall–Kier alpha value is -4.18. The number of ether oxygens (including phenoxy) is 2. The molecular weight excluding hydrogens is 532 g/mol. The summed E-state index contributed by atoms with van der Waals surface area (Å²) >= 11 is 0. The van der Waals surface area contributed by atoms with Crippen LogP contribution in [0.1, 0.15) is 37.7 Å². The van der Waals surface area contributed by atoms with Crippen molar-refractivity contribution in [3.05, 3.63) is 66.1 Å². The van der Waals surface area contributed by atoms with Crippen LogP contribution in [0.25, 0.3) is 16.8 Å². The zero-order valence-corrected chi connectivity index (χ0v) is 22.5. The maximum absolute atomic E-state index is 14.9. The second-order valence-electron chi connectivity index (χ2n) is 10.1. The van der Waals surface area contributed by atoms with E-state index in [9.17, 15) is 8.78 Å². The van der Waals surface area contributed by atoms with Crippen molar-refractivity contribution in [3.8, 4) is 23.1 Å². The van der Waals surface area contributed by atoms with Gasteiger partial charge in [0.25, 0.3) is 0 Å². The fourth-order valence-electron chi connectivity index (χ4n) is 5.48. The second-order valence-corrected chi connectivity index (χ2v) is 10.1. The average Bonchev–Trinajstić information content (AvgIpc) is 3.35. The first-order valence-corrected chi connectivity index (χ1v) is 13.4. The predicted octanol–water partition coefficient (Wildman–Crippen LogP) is 4.32. The molecule has 0 radical (unpaired) electrons. The SMILES string of the molecule is CC1CC(c2ccncc2Nc2ncc3ccc(-c4c(F)cc(OCCO)cc4F)nn23)CC(N)C1OCCC#N. The van der Waals surface area contributed by atoms with Crippen LogP contribution in [0.3, 0.4) is 0 Å². The lowest BCUT2D eigenvalue weighted by molar-refractivity contribution is -0.0198. The zero-order chi connectivity index (χ0) is 28.9. The molecule has 4 unspecified atom stereocenters. The Bertz CT molecular complexity index is 1520. The van der Waals surface area contributed by atoms with Gasteiger partial charge in [0.05, 0.1) is 66.7 Å². The monoisotopic (exact) mass is 563 g/mol. The number of aliphatic hydroxyl groups excluding tert-OH is 1. The number of hydrogen-bond acceptors (Lipinski definition) is 9. The number of fused-ring (bicyclic) bond motifs is 1. The Balaban J connectivity index is 1.40. The van der Waals surface area contributed by atoms with Crippen LogP contribution < -0.4 is 15.8 Å². The van der Waals surface area contributed by atoms with Gasteiger partial charge >= 0.3 is 0 Å². The number of imidazole rings is 1. The van der Waals surface area contributed by atoms with E-state index in [1.54, 1.807) is 24.7 Å². The molecule has 1 aliphatic carbocycles. The fraction of sp³-hybridized carbons (Fsp3) is 0.379. The van der Waals surface area contributed by atoms with E-state index in [0.717, 1.165) is 29.8 Å². The van der Waals surface area contributed by atoms with E-state index < -0.39 is 11.6 Å². The third-order valence-electron chi connectivity index (χ3n) is 7.28. The molecule has 4 N–H and O–H groups in total. The van der Waals surface area contributed by atoms with Crippen molar-refractivity contribution in [1.82, 2.24) is 19.6 Å². The summed E-state index contributed by atoms with van der Waals surface area (Å²) in [4.78, 5) is 8.74. The maximum atomic E-state index is 14.9. The van der Waals surface area contributed by atoms with Gasteiger partial charge in [-0.05, 0) is 48.4 Å². The lowest BCUT2D eigenvalue weighted by atomic mass is 9.74. The molecule has 3 aromatic heterocycles. The summed E-state index contributed by atoms with van der Waals surface area (Å²) in [5.41, 5.74) is 8.65. The van der Waals surface area contributed by atoms with Gasteiger partial charge in [0.1, 0.15) is 24.0 Å². The number of nitrogens with one attached hydrogen (secondary N) is 1. The summed E-state index contributed by atoms with van der Waals surface area (Å²) in [6.45, 7) is 2.12. The van der Waals surface area contributed by atoms with E-state index in [4.69, 9.17) is 25.6 Å². The van der Waals surface area contributed by atoms with Gasteiger partial charge in [0, 0.05) is 24.4 Å². The molecular formula is C29H31F2N7O3. The molecule has 12 heteroatoms. The van der Waals surface area contributed by atoms with E-state index in [2.05, 4.69) is 33.4 Å². The minimum atomic E-state index is -0.841. The lowest BCUT2D eigenvalue weighted by Crippen LogP contribution is -2.46. The highest BCUT2D eigenvalue weighted by Crippen LogP contribution is 2.40. The molecule has 214 valence electrons. The van der Waals surface area contributed by atoms with Crippen LogP contribution in [0, 0.1) is 28.9 Å².